The van der Waals surface area contributed by atoms with Gasteiger partial charge < -0.3 is 5.32 Å². The van der Waals surface area contributed by atoms with Gasteiger partial charge in [0, 0.05) is 6.42 Å². The zero-order valence-corrected chi connectivity index (χ0v) is 10.4. The summed E-state index contributed by atoms with van der Waals surface area (Å²) >= 11 is 0. The molecule has 1 N–H and O–H groups in total. The molecule has 0 radical (unpaired) electrons. The first-order chi connectivity index (χ1) is 8.72. The normalized spacial score (nSPS) is 29.5. The van der Waals surface area contributed by atoms with Gasteiger partial charge in [-0.25, -0.2) is 4.39 Å². The number of hydrogen-bond acceptors (Lipinski definition) is 1. The summed E-state index contributed by atoms with van der Waals surface area (Å²) < 4.78 is 13.4. The van der Waals surface area contributed by atoms with Crippen molar-refractivity contribution in [2.24, 2.45) is 17.8 Å². The predicted molar refractivity (Wildman–Crippen MR) is 68.6 cm³/mol. The van der Waals surface area contributed by atoms with Crippen molar-refractivity contribution in [1.29, 1.82) is 0 Å². The van der Waals surface area contributed by atoms with E-state index in [0.29, 0.717) is 18.0 Å². The Morgan fingerprint density at radius 2 is 2.11 bits per heavy atom. The number of benzene rings is 1. The second-order valence-electron chi connectivity index (χ2n) is 5.67. The maximum Gasteiger partial charge on any atom is 0.224 e. The van der Waals surface area contributed by atoms with E-state index < -0.39 is 0 Å². The molecule has 0 unspecified atom stereocenters. The molecule has 0 saturated heterocycles. The van der Waals surface area contributed by atoms with Crippen LogP contribution in [0, 0.1) is 23.6 Å². The molecule has 2 aliphatic rings. The molecule has 1 aromatic rings. The lowest BCUT2D eigenvalue weighted by molar-refractivity contribution is -0.117. The van der Waals surface area contributed by atoms with Gasteiger partial charge in [0.2, 0.25) is 5.91 Å². The average Bonchev–Trinajstić information content (AvgIpc) is 2.94. The van der Waals surface area contributed by atoms with Crippen LogP contribution < -0.4 is 5.32 Å². The number of halogens is 1. The molecule has 3 heteroatoms. The lowest BCUT2D eigenvalue weighted by atomic mass is 9.86. The number of fused-ring (bicyclic) bond motifs is 2. The van der Waals surface area contributed by atoms with Crippen molar-refractivity contribution in [3.63, 3.8) is 0 Å². The molecule has 1 aromatic carbocycles. The molecule has 3 rings (SSSR count). The lowest BCUT2D eigenvalue weighted by Crippen LogP contribution is -2.20. The first-order valence-corrected chi connectivity index (χ1v) is 6.77. The van der Waals surface area contributed by atoms with Crippen LogP contribution in [0.25, 0.3) is 0 Å². The van der Waals surface area contributed by atoms with Crippen LogP contribution in [0.4, 0.5) is 10.1 Å². The maximum atomic E-state index is 13.4. The maximum absolute atomic E-state index is 13.4. The summed E-state index contributed by atoms with van der Waals surface area (Å²) in [4.78, 5) is 11.9. The van der Waals surface area contributed by atoms with Crippen LogP contribution >= 0.6 is 0 Å². The molecule has 2 aliphatic carbocycles. The molecule has 0 aromatic heterocycles. The summed E-state index contributed by atoms with van der Waals surface area (Å²) in [6, 6.07) is 6.33. The van der Waals surface area contributed by atoms with Gasteiger partial charge in [-0.15, -0.1) is 0 Å². The molecule has 1 amide bonds. The average molecular weight is 247 g/mol. The van der Waals surface area contributed by atoms with E-state index in [4.69, 9.17) is 0 Å². The Morgan fingerprint density at radius 3 is 2.78 bits per heavy atom. The van der Waals surface area contributed by atoms with E-state index in [9.17, 15) is 9.18 Å². The topological polar surface area (TPSA) is 29.1 Å². The zero-order chi connectivity index (χ0) is 12.5. The highest BCUT2D eigenvalue weighted by Crippen LogP contribution is 2.49. The largest absolute Gasteiger partial charge is 0.324 e. The van der Waals surface area contributed by atoms with E-state index >= 15 is 0 Å². The number of nitrogens with one attached hydrogen (secondary N) is 1. The van der Waals surface area contributed by atoms with Gasteiger partial charge in [0.15, 0.2) is 0 Å². The van der Waals surface area contributed by atoms with E-state index in [0.717, 1.165) is 11.8 Å². The molecule has 0 spiro atoms. The minimum atomic E-state index is -0.362. The van der Waals surface area contributed by atoms with Crippen molar-refractivity contribution in [3.8, 4) is 0 Å². The van der Waals surface area contributed by atoms with Crippen molar-refractivity contribution in [2.75, 3.05) is 5.32 Å². The third-order valence-electron chi connectivity index (χ3n) is 4.48. The monoisotopic (exact) mass is 247 g/mol. The van der Waals surface area contributed by atoms with Crippen LogP contribution in [0.3, 0.4) is 0 Å². The molecule has 96 valence electrons. The van der Waals surface area contributed by atoms with Gasteiger partial charge in [-0.05, 0) is 49.1 Å². The molecule has 2 saturated carbocycles. The predicted octanol–water partition coefficient (Wildman–Crippen LogP) is 3.59. The third-order valence-corrected chi connectivity index (χ3v) is 4.48. The van der Waals surface area contributed by atoms with Crippen molar-refractivity contribution >= 4 is 11.6 Å². The van der Waals surface area contributed by atoms with Crippen LogP contribution in [0.1, 0.15) is 32.1 Å². The Kier molecular flexibility index (Phi) is 3.06. The highest BCUT2D eigenvalue weighted by Gasteiger charge is 2.40. The van der Waals surface area contributed by atoms with Crippen molar-refractivity contribution in [2.45, 2.75) is 32.1 Å². The fourth-order valence-electron chi connectivity index (χ4n) is 3.63. The molecular formula is C15H18FNO. The van der Waals surface area contributed by atoms with Gasteiger partial charge in [-0.1, -0.05) is 18.6 Å². The standard InChI is InChI=1S/C15H18FNO/c16-13-3-1-2-4-14(13)17-15(18)9-12-8-10-5-6-11(12)7-10/h1-4,10-12H,5-9H2,(H,17,18)/t10-,11-,12-/m0/s1. The Hall–Kier alpha value is -1.38. The van der Waals surface area contributed by atoms with Gasteiger partial charge in [0.1, 0.15) is 5.82 Å². The van der Waals surface area contributed by atoms with Gasteiger partial charge >= 0.3 is 0 Å². The van der Waals surface area contributed by atoms with E-state index in [-0.39, 0.29) is 11.7 Å². The summed E-state index contributed by atoms with van der Waals surface area (Å²) in [5.41, 5.74) is 0.297. The Morgan fingerprint density at radius 1 is 1.28 bits per heavy atom. The summed E-state index contributed by atoms with van der Waals surface area (Å²) in [6.07, 6.45) is 5.67. The summed E-state index contributed by atoms with van der Waals surface area (Å²) in [7, 11) is 0. The van der Waals surface area contributed by atoms with Crippen molar-refractivity contribution in [3.05, 3.63) is 30.1 Å². The number of carbonyl (C=O) groups excluding carboxylic acids is 1. The first kappa shape index (κ1) is 11.7. The van der Waals surface area contributed by atoms with Crippen LogP contribution in [0.5, 0.6) is 0 Å². The number of rotatable bonds is 3. The third kappa shape index (κ3) is 2.26. The van der Waals surface area contributed by atoms with Crippen LogP contribution in [0.2, 0.25) is 0 Å². The molecule has 2 bridgehead atoms. The quantitative estimate of drug-likeness (QED) is 0.869. The highest BCUT2D eigenvalue weighted by atomic mass is 19.1. The van der Waals surface area contributed by atoms with Gasteiger partial charge in [0.25, 0.3) is 0 Å². The SMILES string of the molecule is O=C(C[C@@H]1C[C@H]2CC[C@H]1C2)Nc1ccccc1F. The Labute approximate surface area is 107 Å². The second-order valence-corrected chi connectivity index (χ2v) is 5.67. The molecule has 0 heterocycles. The smallest absolute Gasteiger partial charge is 0.224 e. The van der Waals surface area contributed by atoms with Crippen LogP contribution in [-0.2, 0) is 4.79 Å². The van der Waals surface area contributed by atoms with E-state index in [2.05, 4.69) is 5.32 Å². The number of hydrogen-bond donors (Lipinski definition) is 1. The van der Waals surface area contributed by atoms with Crippen molar-refractivity contribution < 1.29 is 9.18 Å². The Bertz CT molecular complexity index is 460. The molecule has 2 fully saturated rings. The molecule has 3 atom stereocenters. The first-order valence-electron chi connectivity index (χ1n) is 6.77. The fraction of sp³-hybridized carbons (Fsp3) is 0.533. The van der Waals surface area contributed by atoms with Crippen molar-refractivity contribution in [1.82, 2.24) is 0 Å². The number of carbonyl (C=O) groups is 1. The molecule has 18 heavy (non-hydrogen) atoms. The summed E-state index contributed by atoms with van der Waals surface area (Å²) in [5, 5.41) is 2.68. The van der Waals surface area contributed by atoms with Gasteiger partial charge in [-0.2, -0.15) is 0 Å². The highest BCUT2D eigenvalue weighted by molar-refractivity contribution is 5.91. The number of anilines is 1. The fourth-order valence-corrected chi connectivity index (χ4v) is 3.63. The summed E-state index contributed by atoms with van der Waals surface area (Å²) in [6.45, 7) is 0. The minimum Gasteiger partial charge on any atom is -0.324 e. The molecular weight excluding hydrogens is 229 g/mol. The second kappa shape index (κ2) is 4.71. The summed E-state index contributed by atoms with van der Waals surface area (Å²) in [5.74, 6) is 1.70. The van der Waals surface area contributed by atoms with Gasteiger partial charge in [0.05, 0.1) is 5.69 Å². The molecule has 0 aliphatic heterocycles. The lowest BCUT2D eigenvalue weighted by Gasteiger charge is -2.20. The zero-order valence-electron chi connectivity index (χ0n) is 10.4. The van der Waals surface area contributed by atoms with E-state index in [1.807, 2.05) is 0 Å². The van der Waals surface area contributed by atoms with Crippen LogP contribution in [0.15, 0.2) is 24.3 Å². The number of amides is 1. The van der Waals surface area contributed by atoms with E-state index in [1.165, 1.54) is 31.7 Å². The van der Waals surface area contributed by atoms with Gasteiger partial charge in [-0.3, -0.25) is 4.79 Å². The number of para-hydroxylation sites is 1. The molecule has 2 nitrogen and oxygen atoms in total. The minimum absolute atomic E-state index is 0.0438. The van der Waals surface area contributed by atoms with E-state index in [1.54, 1.807) is 18.2 Å². The van der Waals surface area contributed by atoms with Crippen LogP contribution in [-0.4, -0.2) is 5.91 Å². The Balaban J connectivity index is 1.58.